The average molecular weight is 242 g/mol. The van der Waals surface area contributed by atoms with Gasteiger partial charge in [-0.2, -0.15) is 0 Å². The Hall–Kier alpha value is -1.06. The van der Waals surface area contributed by atoms with Crippen LogP contribution in [0.1, 0.15) is 18.9 Å². The smallest absolute Gasteiger partial charge is 0.304 e. The summed E-state index contributed by atoms with van der Waals surface area (Å²) in [5.41, 5.74) is 1.09. The molecule has 1 aromatic carbocycles. The summed E-state index contributed by atoms with van der Waals surface area (Å²) in [6.07, 6.45) is 0.841. The molecule has 1 unspecified atom stereocenters. The van der Waals surface area contributed by atoms with Gasteiger partial charge in [0.1, 0.15) is 0 Å². The predicted molar refractivity (Wildman–Crippen MR) is 64.9 cm³/mol. The van der Waals surface area contributed by atoms with Crippen LogP contribution in [-0.2, 0) is 11.2 Å². The van der Waals surface area contributed by atoms with Crippen molar-refractivity contribution in [2.75, 3.05) is 6.54 Å². The molecule has 4 heteroatoms. The fourth-order valence-corrected chi connectivity index (χ4v) is 1.75. The minimum absolute atomic E-state index is 0.0244. The van der Waals surface area contributed by atoms with Crippen molar-refractivity contribution >= 4 is 17.6 Å². The Bertz CT molecular complexity index is 337. The summed E-state index contributed by atoms with van der Waals surface area (Å²) < 4.78 is 0. The van der Waals surface area contributed by atoms with Crippen LogP contribution >= 0.6 is 11.6 Å². The molecule has 16 heavy (non-hydrogen) atoms. The van der Waals surface area contributed by atoms with Crippen molar-refractivity contribution in [2.45, 2.75) is 25.8 Å². The highest BCUT2D eigenvalue weighted by atomic mass is 35.5. The maximum atomic E-state index is 10.7. The van der Waals surface area contributed by atoms with Crippen LogP contribution in [-0.4, -0.2) is 23.7 Å². The fraction of sp³-hybridized carbons (Fsp3) is 0.417. The van der Waals surface area contributed by atoms with Gasteiger partial charge in [0.25, 0.3) is 0 Å². The molecule has 0 aromatic heterocycles. The molecule has 0 aliphatic rings. The molecule has 1 atom stereocenters. The van der Waals surface area contributed by atoms with Crippen LogP contribution in [0.2, 0.25) is 5.02 Å². The highest BCUT2D eigenvalue weighted by molar-refractivity contribution is 6.30. The Morgan fingerprint density at radius 2 is 2.06 bits per heavy atom. The Labute approximate surface area is 100 Å². The third-order valence-electron chi connectivity index (χ3n) is 2.31. The Balaban J connectivity index is 2.59. The van der Waals surface area contributed by atoms with Crippen molar-refractivity contribution in [1.82, 2.24) is 5.32 Å². The maximum absolute atomic E-state index is 10.7. The molecule has 0 aliphatic carbocycles. The first-order chi connectivity index (χ1) is 7.61. The van der Waals surface area contributed by atoms with E-state index < -0.39 is 5.97 Å². The number of nitrogens with one attached hydrogen (secondary N) is 1. The topological polar surface area (TPSA) is 49.3 Å². The molecule has 1 aromatic rings. The van der Waals surface area contributed by atoms with Crippen LogP contribution in [0.3, 0.4) is 0 Å². The van der Waals surface area contributed by atoms with Gasteiger partial charge in [-0.1, -0.05) is 30.7 Å². The molecule has 0 fully saturated rings. The minimum Gasteiger partial charge on any atom is -0.481 e. The van der Waals surface area contributed by atoms with E-state index >= 15 is 0 Å². The molecule has 88 valence electrons. The molecule has 1 rings (SSSR count). The summed E-state index contributed by atoms with van der Waals surface area (Å²) in [5, 5.41) is 12.6. The van der Waals surface area contributed by atoms with E-state index in [1.165, 1.54) is 0 Å². The van der Waals surface area contributed by atoms with Crippen molar-refractivity contribution in [1.29, 1.82) is 0 Å². The number of carbonyl (C=O) groups is 1. The van der Waals surface area contributed by atoms with Gasteiger partial charge in [-0.25, -0.2) is 0 Å². The van der Waals surface area contributed by atoms with Crippen molar-refractivity contribution in [3.63, 3.8) is 0 Å². The van der Waals surface area contributed by atoms with Gasteiger partial charge in [-0.05, 0) is 30.7 Å². The summed E-state index contributed by atoms with van der Waals surface area (Å²) >= 11 is 5.78. The lowest BCUT2D eigenvalue weighted by atomic mass is 10.0. The average Bonchev–Trinajstić information content (AvgIpc) is 2.21. The minimum atomic E-state index is -0.778. The van der Waals surface area contributed by atoms with Gasteiger partial charge in [-0.15, -0.1) is 0 Å². The molecular weight excluding hydrogens is 226 g/mol. The Morgan fingerprint density at radius 1 is 1.44 bits per heavy atom. The highest BCUT2D eigenvalue weighted by Gasteiger charge is 2.12. The summed E-state index contributed by atoms with van der Waals surface area (Å²) in [4.78, 5) is 10.7. The van der Waals surface area contributed by atoms with Gasteiger partial charge < -0.3 is 10.4 Å². The molecule has 2 N–H and O–H groups in total. The van der Waals surface area contributed by atoms with E-state index in [1.54, 1.807) is 0 Å². The number of carboxylic acid groups (broad SMARTS) is 1. The molecule has 0 heterocycles. The van der Waals surface area contributed by atoms with Crippen LogP contribution in [0.4, 0.5) is 0 Å². The van der Waals surface area contributed by atoms with Gasteiger partial charge in [-0.3, -0.25) is 4.79 Å². The number of rotatable bonds is 6. The Kier molecular flexibility index (Phi) is 5.29. The molecule has 0 saturated heterocycles. The van der Waals surface area contributed by atoms with Crippen molar-refractivity contribution in [2.24, 2.45) is 0 Å². The molecule has 0 spiro atoms. The van der Waals surface area contributed by atoms with Crippen LogP contribution < -0.4 is 5.32 Å². The van der Waals surface area contributed by atoms with Gasteiger partial charge in [0.05, 0.1) is 6.42 Å². The zero-order valence-electron chi connectivity index (χ0n) is 9.24. The molecule has 0 bridgehead atoms. The number of halogens is 1. The van der Waals surface area contributed by atoms with Crippen LogP contribution in [0.25, 0.3) is 0 Å². The second kappa shape index (κ2) is 6.51. The van der Waals surface area contributed by atoms with Crippen molar-refractivity contribution < 1.29 is 9.90 Å². The monoisotopic (exact) mass is 241 g/mol. The van der Waals surface area contributed by atoms with Gasteiger partial charge in [0, 0.05) is 11.1 Å². The molecular formula is C12H16ClNO2. The van der Waals surface area contributed by atoms with E-state index in [4.69, 9.17) is 16.7 Å². The second-order valence-corrected chi connectivity index (χ2v) is 4.12. The number of benzene rings is 1. The summed E-state index contributed by atoms with van der Waals surface area (Å²) in [5.74, 6) is -0.778. The maximum Gasteiger partial charge on any atom is 0.304 e. The number of aliphatic carboxylic acids is 1. The zero-order chi connectivity index (χ0) is 12.0. The van der Waals surface area contributed by atoms with Crippen LogP contribution in [0.5, 0.6) is 0 Å². The molecule has 3 nitrogen and oxygen atoms in total. The summed E-state index contributed by atoms with van der Waals surface area (Å²) in [6.45, 7) is 2.74. The van der Waals surface area contributed by atoms with E-state index in [1.807, 2.05) is 31.2 Å². The molecule has 0 amide bonds. The van der Waals surface area contributed by atoms with Gasteiger partial charge in [0.15, 0.2) is 0 Å². The molecule has 0 saturated carbocycles. The first kappa shape index (κ1) is 13.0. The third-order valence-corrected chi connectivity index (χ3v) is 2.56. The molecule has 0 aliphatic heterocycles. The van der Waals surface area contributed by atoms with Crippen molar-refractivity contribution in [3.8, 4) is 0 Å². The first-order valence-electron chi connectivity index (χ1n) is 5.31. The number of hydrogen-bond donors (Lipinski definition) is 2. The van der Waals surface area contributed by atoms with E-state index in [2.05, 4.69) is 5.32 Å². The first-order valence-corrected chi connectivity index (χ1v) is 5.69. The van der Waals surface area contributed by atoms with Gasteiger partial charge in [0.2, 0.25) is 0 Å². The second-order valence-electron chi connectivity index (χ2n) is 3.68. The zero-order valence-corrected chi connectivity index (χ0v) is 10.00. The van der Waals surface area contributed by atoms with E-state index in [0.717, 1.165) is 12.1 Å². The normalized spacial score (nSPS) is 12.4. The quantitative estimate of drug-likeness (QED) is 0.804. The largest absolute Gasteiger partial charge is 0.481 e. The van der Waals surface area contributed by atoms with E-state index in [0.29, 0.717) is 11.4 Å². The summed E-state index contributed by atoms with van der Waals surface area (Å²) in [7, 11) is 0. The standard InChI is InChI=1S/C12H16ClNO2/c1-2-14-11(8-12(15)16)7-9-3-5-10(13)6-4-9/h3-6,11,14H,2,7-8H2,1H3,(H,15,16). The van der Waals surface area contributed by atoms with Crippen LogP contribution in [0, 0.1) is 0 Å². The Morgan fingerprint density at radius 3 is 2.56 bits per heavy atom. The molecule has 0 radical (unpaired) electrons. The van der Waals surface area contributed by atoms with Gasteiger partial charge >= 0.3 is 5.97 Å². The van der Waals surface area contributed by atoms with Crippen molar-refractivity contribution in [3.05, 3.63) is 34.9 Å². The van der Waals surface area contributed by atoms with Crippen LogP contribution in [0.15, 0.2) is 24.3 Å². The number of hydrogen-bond acceptors (Lipinski definition) is 2. The lowest BCUT2D eigenvalue weighted by molar-refractivity contribution is -0.137. The lowest BCUT2D eigenvalue weighted by Crippen LogP contribution is -2.33. The van der Waals surface area contributed by atoms with E-state index in [-0.39, 0.29) is 12.5 Å². The lowest BCUT2D eigenvalue weighted by Gasteiger charge is -2.15. The predicted octanol–water partition coefficient (Wildman–Crippen LogP) is 2.34. The SMILES string of the molecule is CCNC(CC(=O)O)Cc1ccc(Cl)cc1. The highest BCUT2D eigenvalue weighted by Crippen LogP contribution is 2.12. The summed E-state index contributed by atoms with van der Waals surface area (Å²) in [6, 6.07) is 7.47. The van der Waals surface area contributed by atoms with E-state index in [9.17, 15) is 4.79 Å². The third kappa shape index (κ3) is 4.64. The number of likely N-dealkylation sites (N-methyl/N-ethyl adjacent to an activating group) is 1. The fourth-order valence-electron chi connectivity index (χ4n) is 1.62. The number of carboxylic acids is 1.